The number of rotatable bonds is 8. The topological polar surface area (TPSA) is 47.6 Å². The molecule has 1 amide bonds. The van der Waals surface area contributed by atoms with E-state index in [2.05, 4.69) is 5.32 Å². The maximum atomic E-state index is 12.7. The Morgan fingerprint density at radius 1 is 1.00 bits per heavy atom. The number of carbonyl (C=O) groups excluding carboxylic acids is 1. The number of amides is 1. The number of ether oxygens (including phenoxy) is 2. The van der Waals surface area contributed by atoms with Crippen molar-refractivity contribution >= 4 is 16.7 Å². The Labute approximate surface area is 166 Å². The van der Waals surface area contributed by atoms with E-state index < -0.39 is 6.10 Å². The fourth-order valence-corrected chi connectivity index (χ4v) is 3.01. The Morgan fingerprint density at radius 3 is 2.46 bits per heavy atom. The quantitative estimate of drug-likeness (QED) is 0.608. The van der Waals surface area contributed by atoms with Gasteiger partial charge in [-0.2, -0.15) is 0 Å². The number of benzene rings is 3. The first-order valence-electron chi connectivity index (χ1n) is 9.71. The molecule has 0 heterocycles. The highest BCUT2D eigenvalue weighted by atomic mass is 16.5. The van der Waals surface area contributed by atoms with E-state index in [9.17, 15) is 4.79 Å². The van der Waals surface area contributed by atoms with Gasteiger partial charge in [0.25, 0.3) is 5.91 Å². The van der Waals surface area contributed by atoms with Crippen molar-refractivity contribution in [2.24, 2.45) is 0 Å². The summed E-state index contributed by atoms with van der Waals surface area (Å²) < 4.78 is 11.8. The van der Waals surface area contributed by atoms with Gasteiger partial charge in [0.15, 0.2) is 6.10 Å². The Balaban J connectivity index is 1.59. The predicted octanol–water partition coefficient (Wildman–Crippen LogP) is 4.89. The van der Waals surface area contributed by atoms with E-state index in [4.69, 9.17) is 9.47 Å². The molecular formula is C24H27NO3. The van der Waals surface area contributed by atoms with Crippen molar-refractivity contribution in [1.82, 2.24) is 5.32 Å². The lowest BCUT2D eigenvalue weighted by molar-refractivity contribution is -0.128. The largest absolute Gasteiger partial charge is 0.491 e. The Kier molecular flexibility index (Phi) is 6.53. The summed E-state index contributed by atoms with van der Waals surface area (Å²) >= 11 is 0. The molecule has 3 aromatic rings. The molecule has 28 heavy (non-hydrogen) atoms. The summed E-state index contributed by atoms with van der Waals surface area (Å²) in [5.41, 5.74) is 1.19. The predicted molar refractivity (Wildman–Crippen MR) is 113 cm³/mol. The van der Waals surface area contributed by atoms with Gasteiger partial charge in [-0.05, 0) is 43.9 Å². The minimum atomic E-state index is -0.548. The molecule has 4 heteroatoms. The Hall–Kier alpha value is -3.01. The van der Waals surface area contributed by atoms with Crippen LogP contribution in [0.1, 0.15) is 25.8 Å². The van der Waals surface area contributed by atoms with Gasteiger partial charge in [0.2, 0.25) is 0 Å². The van der Waals surface area contributed by atoms with E-state index in [1.165, 1.54) is 5.56 Å². The van der Waals surface area contributed by atoms with E-state index in [-0.39, 0.29) is 11.9 Å². The van der Waals surface area contributed by atoms with Crippen molar-refractivity contribution in [3.63, 3.8) is 0 Å². The zero-order chi connectivity index (χ0) is 19.9. The number of hydrogen-bond acceptors (Lipinski definition) is 3. The van der Waals surface area contributed by atoms with Gasteiger partial charge in [-0.3, -0.25) is 4.79 Å². The number of carbonyl (C=O) groups is 1. The molecule has 0 fully saturated rings. The molecule has 0 aliphatic carbocycles. The molecule has 0 saturated heterocycles. The average Bonchev–Trinajstić information content (AvgIpc) is 2.71. The number of fused-ring (bicyclic) bond motifs is 1. The Bertz CT molecular complexity index is 915. The van der Waals surface area contributed by atoms with Crippen LogP contribution in [0, 0.1) is 6.92 Å². The van der Waals surface area contributed by atoms with Crippen LogP contribution < -0.4 is 14.8 Å². The van der Waals surface area contributed by atoms with Crippen LogP contribution in [0.15, 0.2) is 66.7 Å². The van der Waals surface area contributed by atoms with E-state index >= 15 is 0 Å². The molecule has 1 N–H and O–H groups in total. The molecule has 0 bridgehead atoms. The first-order valence-corrected chi connectivity index (χ1v) is 9.71. The fraction of sp³-hybridized carbons (Fsp3) is 0.292. The van der Waals surface area contributed by atoms with Crippen LogP contribution in [-0.4, -0.2) is 24.7 Å². The SMILES string of the molecule is CC[C@@H](Oc1cccc2ccccc12)C(=O)N[C@@H](C)COc1ccc(C)cc1. The lowest BCUT2D eigenvalue weighted by atomic mass is 10.1. The molecule has 0 aliphatic heterocycles. The van der Waals surface area contributed by atoms with E-state index in [0.29, 0.717) is 13.0 Å². The highest BCUT2D eigenvalue weighted by Gasteiger charge is 2.21. The fourth-order valence-electron chi connectivity index (χ4n) is 3.01. The molecule has 0 spiro atoms. The van der Waals surface area contributed by atoms with Crippen molar-refractivity contribution < 1.29 is 14.3 Å². The summed E-state index contributed by atoms with van der Waals surface area (Å²) in [5.74, 6) is 1.39. The van der Waals surface area contributed by atoms with Crippen LogP contribution in [-0.2, 0) is 4.79 Å². The second kappa shape index (κ2) is 9.27. The van der Waals surface area contributed by atoms with Crippen LogP contribution in [0.5, 0.6) is 11.5 Å². The maximum absolute atomic E-state index is 12.7. The van der Waals surface area contributed by atoms with E-state index in [0.717, 1.165) is 22.3 Å². The normalized spacial score (nSPS) is 13.0. The van der Waals surface area contributed by atoms with Gasteiger partial charge in [0.1, 0.15) is 18.1 Å². The van der Waals surface area contributed by atoms with Gasteiger partial charge in [-0.25, -0.2) is 0 Å². The molecule has 0 aromatic heterocycles. The van der Waals surface area contributed by atoms with Gasteiger partial charge < -0.3 is 14.8 Å². The van der Waals surface area contributed by atoms with Gasteiger partial charge in [0, 0.05) is 5.39 Å². The standard InChI is InChI=1S/C24H27NO3/c1-4-22(28-23-11-7-9-19-8-5-6-10-21(19)23)24(26)25-18(3)16-27-20-14-12-17(2)13-15-20/h5-15,18,22H,4,16H2,1-3H3,(H,25,26)/t18-,22+/m0/s1. The first kappa shape index (κ1) is 19.7. The zero-order valence-corrected chi connectivity index (χ0v) is 16.6. The molecule has 2 atom stereocenters. The first-order chi connectivity index (χ1) is 13.6. The highest BCUT2D eigenvalue weighted by Crippen LogP contribution is 2.26. The second-order valence-electron chi connectivity index (χ2n) is 7.03. The molecule has 0 aliphatic rings. The van der Waals surface area contributed by atoms with Crippen molar-refractivity contribution in [3.8, 4) is 11.5 Å². The summed E-state index contributed by atoms with van der Waals surface area (Å²) in [6.45, 7) is 6.31. The zero-order valence-electron chi connectivity index (χ0n) is 16.6. The minimum absolute atomic E-state index is 0.126. The third-order valence-electron chi connectivity index (χ3n) is 4.59. The summed E-state index contributed by atoms with van der Waals surface area (Å²) in [7, 11) is 0. The smallest absolute Gasteiger partial charge is 0.261 e. The van der Waals surface area contributed by atoms with Gasteiger partial charge in [-0.15, -0.1) is 0 Å². The molecule has 0 unspecified atom stereocenters. The second-order valence-corrected chi connectivity index (χ2v) is 7.03. The van der Waals surface area contributed by atoms with Crippen molar-refractivity contribution in [1.29, 1.82) is 0 Å². The lowest BCUT2D eigenvalue weighted by Crippen LogP contribution is -2.44. The average molecular weight is 377 g/mol. The summed E-state index contributed by atoms with van der Waals surface area (Å²) in [6.07, 6.45) is 0.0354. The molecule has 0 radical (unpaired) electrons. The van der Waals surface area contributed by atoms with Crippen molar-refractivity contribution in [2.75, 3.05) is 6.61 Å². The van der Waals surface area contributed by atoms with Crippen molar-refractivity contribution in [3.05, 3.63) is 72.3 Å². The maximum Gasteiger partial charge on any atom is 0.261 e. The molecule has 4 nitrogen and oxygen atoms in total. The van der Waals surface area contributed by atoms with Crippen LogP contribution in [0.25, 0.3) is 10.8 Å². The number of aryl methyl sites for hydroxylation is 1. The number of nitrogens with one attached hydrogen (secondary N) is 1. The third-order valence-corrected chi connectivity index (χ3v) is 4.59. The highest BCUT2D eigenvalue weighted by molar-refractivity contribution is 5.89. The van der Waals surface area contributed by atoms with Crippen molar-refractivity contribution in [2.45, 2.75) is 39.3 Å². The van der Waals surface area contributed by atoms with Gasteiger partial charge >= 0.3 is 0 Å². The monoisotopic (exact) mass is 377 g/mol. The van der Waals surface area contributed by atoms with Crippen LogP contribution in [0.2, 0.25) is 0 Å². The summed E-state index contributed by atoms with van der Waals surface area (Å²) in [5, 5.41) is 5.09. The van der Waals surface area contributed by atoms with E-state index in [1.807, 2.05) is 87.5 Å². The van der Waals surface area contributed by atoms with Gasteiger partial charge in [-0.1, -0.05) is 61.0 Å². The van der Waals surface area contributed by atoms with E-state index in [1.54, 1.807) is 0 Å². The summed E-state index contributed by atoms with van der Waals surface area (Å²) in [4.78, 5) is 12.7. The molecule has 0 saturated carbocycles. The molecule has 3 rings (SSSR count). The van der Waals surface area contributed by atoms with Gasteiger partial charge in [0.05, 0.1) is 6.04 Å². The number of hydrogen-bond donors (Lipinski definition) is 1. The lowest BCUT2D eigenvalue weighted by Gasteiger charge is -2.21. The molecular weight excluding hydrogens is 350 g/mol. The summed E-state index contributed by atoms with van der Waals surface area (Å²) in [6, 6.07) is 21.6. The van der Waals surface area contributed by atoms with Crippen LogP contribution >= 0.6 is 0 Å². The Morgan fingerprint density at radius 2 is 1.71 bits per heavy atom. The third kappa shape index (κ3) is 5.03. The van der Waals surface area contributed by atoms with Crippen LogP contribution in [0.3, 0.4) is 0 Å². The minimum Gasteiger partial charge on any atom is -0.491 e. The molecule has 146 valence electrons. The molecule has 3 aromatic carbocycles. The van der Waals surface area contributed by atoms with Crippen LogP contribution in [0.4, 0.5) is 0 Å².